The van der Waals surface area contributed by atoms with Crippen molar-refractivity contribution in [2.45, 2.75) is 82.5 Å². The minimum atomic E-state index is -2.68. The Balaban J connectivity index is 1.09. The van der Waals surface area contributed by atoms with Gasteiger partial charge in [0.2, 0.25) is 17.7 Å². The molecule has 12 heteroatoms. The second-order valence-corrected chi connectivity index (χ2v) is 24.1. The standard InChI is InChI=1S/C57H58N4O7Si/c1-38-55(69(3,4)46-26-24-45(67-2)25-27-46)51(35-54(65)58(31-32-62)36-39-13-6-5-7-14-39)68-57(38)47-34-44(61-49-20-11-9-17-42(49)22-30-53(61)64)23-28-50(47)59(56(57)66)37-40-15-12-18-43(33-40)60-48-19-10-8-16-41(48)21-29-52(60)63/h5-20,23-28,33-34,38,51,55,62H,21-22,29-32,35-37H2,1-4H3/t38-,51+,55-,57+/m0/s1. The molecule has 1 saturated heterocycles. The number of anilines is 5. The first-order valence-corrected chi connectivity index (χ1v) is 27.1. The van der Waals surface area contributed by atoms with E-state index in [1.165, 1.54) is 0 Å². The summed E-state index contributed by atoms with van der Waals surface area (Å²) in [6.07, 6.45) is 1.36. The lowest BCUT2D eigenvalue weighted by Gasteiger charge is -2.37. The van der Waals surface area contributed by atoms with E-state index >= 15 is 4.79 Å². The highest BCUT2D eigenvalue weighted by molar-refractivity contribution is 6.91. The van der Waals surface area contributed by atoms with E-state index in [9.17, 15) is 19.5 Å². The van der Waals surface area contributed by atoms with Crippen LogP contribution in [0.1, 0.15) is 54.0 Å². The van der Waals surface area contributed by atoms with Crippen LogP contribution in [0.5, 0.6) is 5.75 Å². The van der Waals surface area contributed by atoms with Crippen molar-refractivity contribution >= 4 is 65.3 Å². The van der Waals surface area contributed by atoms with E-state index in [1.807, 2.05) is 121 Å². The normalized spacial score (nSPS) is 20.8. The fraction of sp³-hybridized carbons (Fsp3) is 0.298. The highest BCUT2D eigenvalue weighted by Gasteiger charge is 2.66. The third-order valence-electron chi connectivity index (χ3n) is 15.1. The Kier molecular flexibility index (Phi) is 12.3. The molecule has 6 aromatic carbocycles. The number of nitrogens with zero attached hydrogens (tertiary/aromatic N) is 4. The third kappa shape index (κ3) is 8.13. The number of ether oxygens (including phenoxy) is 2. The molecule has 1 fully saturated rings. The molecule has 1 N–H and O–H groups in total. The smallest absolute Gasteiger partial charge is 0.264 e. The first kappa shape index (κ1) is 45.9. The average Bonchev–Trinajstić information content (AvgIpc) is 3.79. The van der Waals surface area contributed by atoms with Gasteiger partial charge in [-0.05, 0) is 95.2 Å². The summed E-state index contributed by atoms with van der Waals surface area (Å²) < 4.78 is 13.1. The maximum absolute atomic E-state index is 16.1. The van der Waals surface area contributed by atoms with Gasteiger partial charge in [0.25, 0.3) is 5.91 Å². The van der Waals surface area contributed by atoms with Crippen LogP contribution in [0.25, 0.3) is 0 Å². The Bertz CT molecular complexity index is 2940. The largest absolute Gasteiger partial charge is 0.497 e. The van der Waals surface area contributed by atoms with Gasteiger partial charge in [-0.1, -0.05) is 116 Å². The number of hydrogen-bond donors (Lipinski definition) is 1. The van der Waals surface area contributed by atoms with Gasteiger partial charge in [0.05, 0.1) is 57.9 Å². The summed E-state index contributed by atoms with van der Waals surface area (Å²) in [5.74, 6) is -0.148. The van der Waals surface area contributed by atoms with Crippen molar-refractivity contribution in [2.75, 3.05) is 35.0 Å². The van der Waals surface area contributed by atoms with Crippen LogP contribution in [0.3, 0.4) is 0 Å². The van der Waals surface area contributed by atoms with E-state index in [0.717, 1.165) is 50.3 Å². The molecule has 0 unspecified atom stereocenters. The van der Waals surface area contributed by atoms with Crippen LogP contribution in [0.15, 0.2) is 146 Å². The van der Waals surface area contributed by atoms with E-state index < -0.39 is 25.7 Å². The number of aliphatic hydroxyl groups is 1. The number of amides is 4. The fourth-order valence-electron chi connectivity index (χ4n) is 11.7. The summed E-state index contributed by atoms with van der Waals surface area (Å²) in [5.41, 5.74) is 6.49. The quantitative estimate of drug-likeness (QED) is 0.115. The number of rotatable bonds is 13. The van der Waals surface area contributed by atoms with Crippen LogP contribution in [-0.4, -0.2) is 68.1 Å². The fourth-order valence-corrected chi connectivity index (χ4v) is 15.7. The maximum atomic E-state index is 16.1. The van der Waals surface area contributed by atoms with Crippen molar-refractivity contribution in [2.24, 2.45) is 5.92 Å². The molecule has 4 aliphatic heterocycles. The number of benzene rings is 6. The molecule has 0 saturated carbocycles. The summed E-state index contributed by atoms with van der Waals surface area (Å²) in [4.78, 5) is 65.5. The minimum absolute atomic E-state index is 0.0101. The van der Waals surface area contributed by atoms with Gasteiger partial charge in [-0.15, -0.1) is 0 Å². The second kappa shape index (κ2) is 18.6. The van der Waals surface area contributed by atoms with E-state index in [4.69, 9.17) is 9.47 Å². The van der Waals surface area contributed by atoms with E-state index in [1.54, 1.807) is 26.7 Å². The van der Waals surface area contributed by atoms with Crippen molar-refractivity contribution < 1.29 is 33.8 Å². The lowest BCUT2D eigenvalue weighted by molar-refractivity contribution is -0.150. The van der Waals surface area contributed by atoms with Crippen LogP contribution in [0.4, 0.5) is 28.4 Å². The molecule has 4 heterocycles. The number of carbonyl (C=O) groups is 4. The summed E-state index contributed by atoms with van der Waals surface area (Å²) in [5, 5.41) is 11.4. The van der Waals surface area contributed by atoms with Gasteiger partial charge in [0, 0.05) is 48.8 Å². The highest BCUT2D eigenvalue weighted by atomic mass is 28.3. The molecule has 4 amide bonds. The Morgan fingerprint density at radius 1 is 0.725 bits per heavy atom. The van der Waals surface area contributed by atoms with Gasteiger partial charge < -0.3 is 24.4 Å². The zero-order valence-electron chi connectivity index (χ0n) is 39.6. The summed E-state index contributed by atoms with van der Waals surface area (Å²) in [6, 6.07) is 47.4. The lowest BCUT2D eigenvalue weighted by atomic mass is 9.82. The van der Waals surface area contributed by atoms with Crippen LogP contribution in [-0.2, 0) is 55.4 Å². The molecular weight excluding hydrogens is 881 g/mol. The van der Waals surface area contributed by atoms with Crippen LogP contribution in [0.2, 0.25) is 18.6 Å². The number of carbonyl (C=O) groups excluding carboxylic acids is 4. The molecule has 6 aromatic rings. The van der Waals surface area contributed by atoms with Gasteiger partial charge in [-0.3, -0.25) is 29.0 Å². The number of aliphatic hydroxyl groups excluding tert-OH is 1. The first-order chi connectivity index (χ1) is 33.4. The maximum Gasteiger partial charge on any atom is 0.264 e. The Labute approximate surface area is 404 Å². The lowest BCUT2D eigenvalue weighted by Crippen LogP contribution is -2.52. The first-order valence-electron chi connectivity index (χ1n) is 24.0. The molecule has 0 aliphatic carbocycles. The van der Waals surface area contributed by atoms with Crippen molar-refractivity contribution in [3.63, 3.8) is 0 Å². The van der Waals surface area contributed by atoms with Gasteiger partial charge in [-0.25, -0.2) is 0 Å². The molecule has 0 bridgehead atoms. The number of para-hydroxylation sites is 2. The predicted molar refractivity (Wildman–Crippen MR) is 271 cm³/mol. The van der Waals surface area contributed by atoms with Gasteiger partial charge >= 0.3 is 0 Å². The zero-order chi connectivity index (χ0) is 48.0. The van der Waals surface area contributed by atoms with Crippen molar-refractivity contribution in [3.05, 3.63) is 173 Å². The Hall–Kier alpha value is -6.86. The SMILES string of the molecule is COc1ccc([Si](C)(C)[C@@H]2[C@@H](CC(=O)N(CCO)Cc3ccccc3)O[C@]3(C(=O)N(Cc4cccc(N5C(=O)CCc6ccccc65)c4)c4ccc(N5C(=O)CCc6ccccc65)cc43)[C@H]2C)cc1. The Morgan fingerprint density at radius 3 is 1.97 bits per heavy atom. The molecule has 1 spiro atoms. The number of methoxy groups -OCH3 is 1. The van der Waals surface area contributed by atoms with E-state index in [2.05, 4.69) is 44.3 Å². The van der Waals surface area contributed by atoms with Crippen LogP contribution < -0.4 is 24.6 Å². The summed E-state index contributed by atoms with van der Waals surface area (Å²) >= 11 is 0. The van der Waals surface area contributed by atoms with E-state index in [0.29, 0.717) is 49.2 Å². The number of aryl methyl sites for hydroxylation is 2. The van der Waals surface area contributed by atoms with Gasteiger partial charge in [0.15, 0.2) is 5.60 Å². The summed E-state index contributed by atoms with van der Waals surface area (Å²) in [7, 11) is -1.04. The molecule has 352 valence electrons. The minimum Gasteiger partial charge on any atom is -0.497 e. The molecule has 11 nitrogen and oxygen atoms in total. The molecule has 0 aromatic heterocycles. The van der Waals surface area contributed by atoms with Crippen molar-refractivity contribution in [3.8, 4) is 5.75 Å². The molecule has 0 radical (unpaired) electrons. The molecule has 4 aliphatic rings. The highest BCUT2D eigenvalue weighted by Crippen LogP contribution is 2.61. The number of fused-ring (bicyclic) bond motifs is 4. The topological polar surface area (TPSA) is 120 Å². The van der Waals surface area contributed by atoms with Crippen molar-refractivity contribution in [1.82, 2.24) is 4.90 Å². The van der Waals surface area contributed by atoms with Crippen molar-refractivity contribution in [1.29, 1.82) is 0 Å². The molecule has 69 heavy (non-hydrogen) atoms. The molecule has 4 atom stereocenters. The van der Waals surface area contributed by atoms with Crippen LogP contribution >= 0.6 is 0 Å². The van der Waals surface area contributed by atoms with E-state index in [-0.39, 0.29) is 55.3 Å². The molecule has 10 rings (SSSR count). The average molecular weight is 939 g/mol. The Morgan fingerprint density at radius 2 is 1.33 bits per heavy atom. The second-order valence-electron chi connectivity index (χ2n) is 19.4. The number of hydrogen-bond acceptors (Lipinski definition) is 7. The van der Waals surface area contributed by atoms with Gasteiger partial charge in [0.1, 0.15) is 5.75 Å². The van der Waals surface area contributed by atoms with Crippen LogP contribution in [0, 0.1) is 5.92 Å². The molecular formula is C57H58N4O7Si. The third-order valence-corrected chi connectivity index (χ3v) is 19.4. The zero-order valence-corrected chi connectivity index (χ0v) is 40.6. The predicted octanol–water partition coefficient (Wildman–Crippen LogP) is 9.09. The van der Waals surface area contributed by atoms with Gasteiger partial charge in [-0.2, -0.15) is 0 Å². The monoisotopic (exact) mass is 938 g/mol. The summed E-state index contributed by atoms with van der Waals surface area (Å²) in [6.45, 7) is 7.10.